The number of nitrogen functional groups attached to an aromatic ring is 1. The molecule has 2 aromatic rings. The maximum atomic E-state index is 6.13. The van der Waals surface area contributed by atoms with Crippen LogP contribution in [0.3, 0.4) is 0 Å². The van der Waals surface area contributed by atoms with E-state index in [1.165, 1.54) is 0 Å². The molecule has 0 fully saturated rings. The van der Waals surface area contributed by atoms with Crippen LogP contribution in [-0.4, -0.2) is 13.7 Å². The summed E-state index contributed by atoms with van der Waals surface area (Å²) in [6, 6.07) is 11.1. The van der Waals surface area contributed by atoms with Crippen molar-refractivity contribution in [1.29, 1.82) is 0 Å². The van der Waals surface area contributed by atoms with Crippen LogP contribution in [0.1, 0.15) is 5.56 Å². The van der Waals surface area contributed by atoms with Gasteiger partial charge in [0.05, 0.1) is 12.8 Å². The third-order valence-corrected chi connectivity index (χ3v) is 3.56. The summed E-state index contributed by atoms with van der Waals surface area (Å²) in [6.07, 6.45) is 0.808. The van der Waals surface area contributed by atoms with Crippen molar-refractivity contribution < 1.29 is 4.74 Å². The van der Waals surface area contributed by atoms with E-state index in [0.29, 0.717) is 21.5 Å². The second kappa shape index (κ2) is 6.73. The molecule has 0 aromatic heterocycles. The van der Waals surface area contributed by atoms with Gasteiger partial charge in [0.15, 0.2) is 0 Å². The first-order valence-corrected chi connectivity index (χ1v) is 6.97. The zero-order chi connectivity index (χ0) is 14.5. The number of nitrogens with two attached hydrogens (primary N) is 1. The highest BCUT2D eigenvalue weighted by Gasteiger charge is 2.03. The quantitative estimate of drug-likeness (QED) is 0.812. The van der Waals surface area contributed by atoms with Gasteiger partial charge in [-0.2, -0.15) is 0 Å². The number of benzene rings is 2. The van der Waals surface area contributed by atoms with Gasteiger partial charge in [0.1, 0.15) is 5.75 Å². The summed E-state index contributed by atoms with van der Waals surface area (Å²) in [4.78, 5) is 0. The van der Waals surface area contributed by atoms with Gasteiger partial charge in [-0.1, -0.05) is 29.3 Å². The molecule has 20 heavy (non-hydrogen) atoms. The Morgan fingerprint density at radius 3 is 2.65 bits per heavy atom. The Labute approximate surface area is 128 Å². The lowest BCUT2D eigenvalue weighted by atomic mass is 10.1. The molecule has 5 heteroatoms. The van der Waals surface area contributed by atoms with Crippen LogP contribution in [0.25, 0.3) is 0 Å². The molecule has 3 nitrogen and oxygen atoms in total. The third-order valence-electron chi connectivity index (χ3n) is 2.97. The Bertz CT molecular complexity index is 602. The van der Waals surface area contributed by atoms with Gasteiger partial charge in [-0.25, -0.2) is 0 Å². The van der Waals surface area contributed by atoms with Gasteiger partial charge in [-0.05, 0) is 36.2 Å². The molecule has 3 N–H and O–H groups in total. The maximum absolute atomic E-state index is 6.13. The van der Waals surface area contributed by atoms with Crippen molar-refractivity contribution in [1.82, 2.24) is 0 Å². The fraction of sp³-hybridized carbons (Fsp3) is 0.200. The van der Waals surface area contributed by atoms with Crippen molar-refractivity contribution in [2.75, 3.05) is 24.7 Å². The molecule has 0 unspecified atom stereocenters. The van der Waals surface area contributed by atoms with Crippen LogP contribution in [0.15, 0.2) is 36.4 Å². The predicted octanol–water partition coefficient (Wildman–Crippen LogP) is 4.24. The highest BCUT2D eigenvalue weighted by Crippen LogP contribution is 2.25. The number of ether oxygens (including phenoxy) is 1. The Hall–Kier alpha value is -1.58. The van der Waals surface area contributed by atoms with Crippen LogP contribution in [0.5, 0.6) is 5.75 Å². The normalized spacial score (nSPS) is 10.3. The van der Waals surface area contributed by atoms with Crippen molar-refractivity contribution in [3.05, 3.63) is 52.0 Å². The molecule has 0 aliphatic carbocycles. The lowest BCUT2D eigenvalue weighted by molar-refractivity contribution is 0.417. The maximum Gasteiger partial charge on any atom is 0.143 e. The first-order valence-electron chi connectivity index (χ1n) is 6.21. The number of rotatable bonds is 5. The standard InChI is InChI=1S/C15H16Cl2N2O/c1-20-15-9-12(4-5-14(15)18)19-7-6-10-2-3-11(16)8-13(10)17/h2-5,8-9,19H,6-7,18H2,1H3. The summed E-state index contributed by atoms with van der Waals surface area (Å²) in [7, 11) is 1.60. The summed E-state index contributed by atoms with van der Waals surface area (Å²) < 4.78 is 5.18. The first-order chi connectivity index (χ1) is 9.60. The zero-order valence-corrected chi connectivity index (χ0v) is 12.6. The van der Waals surface area contributed by atoms with E-state index in [-0.39, 0.29) is 0 Å². The second-order valence-electron chi connectivity index (χ2n) is 4.37. The minimum absolute atomic E-state index is 0.624. The minimum Gasteiger partial charge on any atom is -0.495 e. The Morgan fingerprint density at radius 2 is 1.95 bits per heavy atom. The van der Waals surface area contributed by atoms with Gasteiger partial charge in [-0.3, -0.25) is 0 Å². The monoisotopic (exact) mass is 310 g/mol. The molecule has 0 spiro atoms. The average Bonchev–Trinajstić information content (AvgIpc) is 2.43. The molecule has 0 aliphatic rings. The minimum atomic E-state index is 0.624. The SMILES string of the molecule is COc1cc(NCCc2ccc(Cl)cc2Cl)ccc1N. The van der Waals surface area contributed by atoms with Gasteiger partial charge < -0.3 is 15.8 Å². The summed E-state index contributed by atoms with van der Waals surface area (Å²) in [6.45, 7) is 0.758. The lowest BCUT2D eigenvalue weighted by Gasteiger charge is -2.10. The summed E-state index contributed by atoms with van der Waals surface area (Å²) in [5, 5.41) is 4.65. The van der Waals surface area contributed by atoms with Crippen molar-refractivity contribution in [2.45, 2.75) is 6.42 Å². The molecule has 0 heterocycles. The summed E-state index contributed by atoms with van der Waals surface area (Å²) in [5.41, 5.74) is 8.42. The smallest absolute Gasteiger partial charge is 0.143 e. The van der Waals surface area contributed by atoms with E-state index in [1.807, 2.05) is 30.3 Å². The molecule has 0 radical (unpaired) electrons. The molecule has 0 amide bonds. The van der Waals surface area contributed by atoms with E-state index in [0.717, 1.165) is 24.2 Å². The molecule has 0 saturated carbocycles. The molecule has 2 rings (SSSR count). The molecule has 106 valence electrons. The second-order valence-corrected chi connectivity index (χ2v) is 5.21. The fourth-order valence-electron chi connectivity index (χ4n) is 1.89. The molecule has 2 aromatic carbocycles. The fourth-order valence-corrected chi connectivity index (χ4v) is 2.39. The van der Waals surface area contributed by atoms with Gasteiger partial charge >= 0.3 is 0 Å². The van der Waals surface area contributed by atoms with Crippen LogP contribution >= 0.6 is 23.2 Å². The Morgan fingerprint density at radius 1 is 1.15 bits per heavy atom. The highest BCUT2D eigenvalue weighted by atomic mass is 35.5. The largest absolute Gasteiger partial charge is 0.495 e. The van der Waals surface area contributed by atoms with Gasteiger partial charge in [-0.15, -0.1) is 0 Å². The van der Waals surface area contributed by atoms with Crippen molar-refractivity contribution in [3.63, 3.8) is 0 Å². The number of methoxy groups -OCH3 is 1. The van der Waals surface area contributed by atoms with E-state index in [2.05, 4.69) is 5.32 Å². The molecular formula is C15H16Cl2N2O. The van der Waals surface area contributed by atoms with Gasteiger partial charge in [0.2, 0.25) is 0 Å². The van der Waals surface area contributed by atoms with E-state index >= 15 is 0 Å². The van der Waals surface area contributed by atoms with Crippen LogP contribution in [0.2, 0.25) is 10.0 Å². The summed E-state index contributed by atoms with van der Waals surface area (Å²) >= 11 is 12.0. The number of hydrogen-bond acceptors (Lipinski definition) is 3. The van der Waals surface area contributed by atoms with Crippen molar-refractivity contribution in [2.24, 2.45) is 0 Å². The van der Waals surface area contributed by atoms with Crippen LogP contribution in [0, 0.1) is 0 Å². The van der Waals surface area contributed by atoms with Crippen LogP contribution in [0.4, 0.5) is 11.4 Å². The molecule has 0 atom stereocenters. The highest BCUT2D eigenvalue weighted by molar-refractivity contribution is 6.35. The van der Waals surface area contributed by atoms with E-state index in [9.17, 15) is 0 Å². The third kappa shape index (κ3) is 3.71. The number of nitrogens with one attached hydrogen (secondary N) is 1. The van der Waals surface area contributed by atoms with Gasteiger partial charge in [0.25, 0.3) is 0 Å². The van der Waals surface area contributed by atoms with Gasteiger partial charge in [0, 0.05) is 28.3 Å². The van der Waals surface area contributed by atoms with E-state index in [4.69, 9.17) is 33.7 Å². The summed E-state index contributed by atoms with van der Waals surface area (Å²) in [5.74, 6) is 0.666. The van der Waals surface area contributed by atoms with Crippen molar-refractivity contribution >= 4 is 34.6 Å². The van der Waals surface area contributed by atoms with Crippen molar-refractivity contribution in [3.8, 4) is 5.75 Å². The molecule has 0 bridgehead atoms. The zero-order valence-electron chi connectivity index (χ0n) is 11.1. The number of anilines is 2. The van der Waals surface area contributed by atoms with E-state index < -0.39 is 0 Å². The lowest BCUT2D eigenvalue weighted by Crippen LogP contribution is -2.05. The molecule has 0 saturated heterocycles. The first kappa shape index (κ1) is 14.8. The number of halogens is 2. The Balaban J connectivity index is 1.96. The van der Waals surface area contributed by atoms with Crippen LogP contribution in [-0.2, 0) is 6.42 Å². The number of hydrogen-bond donors (Lipinski definition) is 2. The predicted molar refractivity (Wildman–Crippen MR) is 86.1 cm³/mol. The van der Waals surface area contributed by atoms with Crippen LogP contribution < -0.4 is 15.8 Å². The molecule has 0 aliphatic heterocycles. The Kier molecular flexibility index (Phi) is 4.99. The topological polar surface area (TPSA) is 47.3 Å². The average molecular weight is 311 g/mol. The van der Waals surface area contributed by atoms with E-state index in [1.54, 1.807) is 13.2 Å². The molecular weight excluding hydrogens is 295 g/mol.